The summed E-state index contributed by atoms with van der Waals surface area (Å²) in [4.78, 5) is 16.1. The van der Waals surface area contributed by atoms with E-state index in [1.807, 2.05) is 32.9 Å². The first-order chi connectivity index (χ1) is 8.47. The van der Waals surface area contributed by atoms with E-state index in [-0.39, 0.29) is 6.04 Å². The fraction of sp³-hybridized carbons (Fsp3) is 0.462. The molecule has 0 fully saturated rings. The van der Waals surface area contributed by atoms with Gasteiger partial charge in [0.1, 0.15) is 5.60 Å². The van der Waals surface area contributed by atoms with Crippen molar-refractivity contribution in [1.29, 1.82) is 0 Å². The Morgan fingerprint density at radius 1 is 1.50 bits per heavy atom. The third-order valence-corrected chi connectivity index (χ3v) is 2.48. The Hall–Kier alpha value is -1.91. The minimum absolute atomic E-state index is 0.117. The van der Waals surface area contributed by atoms with E-state index in [9.17, 15) is 4.79 Å². The van der Waals surface area contributed by atoms with Crippen molar-refractivity contribution < 1.29 is 9.53 Å². The quantitative estimate of drug-likeness (QED) is 0.766. The second-order valence-corrected chi connectivity index (χ2v) is 5.16. The van der Waals surface area contributed by atoms with Gasteiger partial charge in [0.2, 0.25) is 0 Å². The molecule has 5 heteroatoms. The highest BCUT2D eigenvalue weighted by Gasteiger charge is 2.31. The Balaban J connectivity index is 2.13. The van der Waals surface area contributed by atoms with Crippen LogP contribution in [0.25, 0.3) is 0 Å². The Labute approximate surface area is 106 Å². The van der Waals surface area contributed by atoms with Gasteiger partial charge in [0.25, 0.3) is 0 Å². The second-order valence-electron chi connectivity index (χ2n) is 5.16. The van der Waals surface area contributed by atoms with Crippen LogP contribution in [0.15, 0.2) is 29.6 Å². The molecule has 5 nitrogen and oxygen atoms in total. The number of hydrazone groups is 1. The maximum Gasteiger partial charge on any atom is 0.431 e. The molecule has 0 saturated heterocycles. The predicted molar refractivity (Wildman–Crippen MR) is 68.2 cm³/mol. The van der Waals surface area contributed by atoms with Crippen molar-refractivity contribution >= 4 is 12.3 Å². The first-order valence-electron chi connectivity index (χ1n) is 5.92. The molecule has 1 aliphatic rings. The maximum atomic E-state index is 12.0. The minimum atomic E-state index is -0.519. The van der Waals surface area contributed by atoms with Gasteiger partial charge in [-0.3, -0.25) is 4.98 Å². The van der Waals surface area contributed by atoms with Gasteiger partial charge in [-0.1, -0.05) is 6.07 Å². The smallest absolute Gasteiger partial charge is 0.431 e. The molecule has 0 aromatic carbocycles. The number of rotatable bonds is 1. The molecule has 1 aromatic rings. The largest absolute Gasteiger partial charge is 0.442 e. The number of carbonyl (C=O) groups excluding carboxylic acids is 1. The lowest BCUT2D eigenvalue weighted by molar-refractivity contribution is 0.0195. The molecule has 1 atom stereocenters. The lowest BCUT2D eigenvalue weighted by Gasteiger charge is -2.26. The molecule has 96 valence electrons. The molecule has 2 rings (SSSR count). The van der Waals surface area contributed by atoms with Crippen LogP contribution in [0.2, 0.25) is 0 Å². The Kier molecular flexibility index (Phi) is 3.32. The Morgan fingerprint density at radius 2 is 2.28 bits per heavy atom. The minimum Gasteiger partial charge on any atom is -0.442 e. The number of aromatic nitrogens is 1. The van der Waals surface area contributed by atoms with E-state index >= 15 is 0 Å². The summed E-state index contributed by atoms with van der Waals surface area (Å²) in [7, 11) is 0. The number of hydrogen-bond donors (Lipinski definition) is 0. The molecule has 1 aromatic heterocycles. The standard InChI is InChI=1S/C13H17N3O2/c1-13(2,3)18-12(17)16-11(6-8-15-16)10-5-4-7-14-9-10/h4-5,7-9,11H,6H2,1-3H3. The zero-order valence-corrected chi connectivity index (χ0v) is 10.8. The highest BCUT2D eigenvalue weighted by atomic mass is 16.6. The van der Waals surface area contributed by atoms with Crippen molar-refractivity contribution in [2.45, 2.75) is 38.8 Å². The number of pyridine rings is 1. The van der Waals surface area contributed by atoms with Crippen molar-refractivity contribution in [2.75, 3.05) is 0 Å². The van der Waals surface area contributed by atoms with Gasteiger partial charge >= 0.3 is 6.09 Å². The molecule has 1 amide bonds. The molecule has 2 heterocycles. The molecule has 0 aliphatic carbocycles. The van der Waals surface area contributed by atoms with Gasteiger partial charge in [-0.25, -0.2) is 4.79 Å². The SMILES string of the molecule is CC(C)(C)OC(=O)N1N=CCC1c1cccnc1. The number of carbonyl (C=O) groups is 1. The molecular formula is C13H17N3O2. The molecule has 0 bridgehead atoms. The number of hydrogen-bond acceptors (Lipinski definition) is 4. The summed E-state index contributed by atoms with van der Waals surface area (Å²) in [6.07, 6.45) is 5.44. The molecule has 1 unspecified atom stereocenters. The normalized spacial score (nSPS) is 19.1. The van der Waals surface area contributed by atoms with Crippen LogP contribution in [0.4, 0.5) is 4.79 Å². The average molecular weight is 247 g/mol. The van der Waals surface area contributed by atoms with Gasteiger partial charge in [0.05, 0.1) is 6.04 Å². The molecule has 0 spiro atoms. The summed E-state index contributed by atoms with van der Waals surface area (Å²) in [5.74, 6) is 0. The van der Waals surface area contributed by atoms with Gasteiger partial charge in [0.15, 0.2) is 0 Å². The topological polar surface area (TPSA) is 54.8 Å². The van der Waals surface area contributed by atoms with E-state index < -0.39 is 11.7 Å². The van der Waals surface area contributed by atoms with Crippen LogP contribution in [-0.2, 0) is 4.74 Å². The molecular weight excluding hydrogens is 230 g/mol. The first kappa shape index (κ1) is 12.5. The van der Waals surface area contributed by atoms with Crippen molar-refractivity contribution in [3.63, 3.8) is 0 Å². The van der Waals surface area contributed by atoms with Gasteiger partial charge in [0, 0.05) is 25.0 Å². The van der Waals surface area contributed by atoms with Crippen LogP contribution in [0.5, 0.6) is 0 Å². The van der Waals surface area contributed by atoms with Gasteiger partial charge in [-0.15, -0.1) is 0 Å². The first-order valence-corrected chi connectivity index (χ1v) is 5.92. The van der Waals surface area contributed by atoms with Crippen LogP contribution in [0.1, 0.15) is 38.8 Å². The molecule has 0 N–H and O–H groups in total. The summed E-state index contributed by atoms with van der Waals surface area (Å²) in [5.41, 5.74) is 0.440. The van der Waals surface area contributed by atoms with Gasteiger partial charge in [-0.05, 0) is 32.4 Å². The second kappa shape index (κ2) is 4.76. The van der Waals surface area contributed by atoms with Crippen molar-refractivity contribution in [3.05, 3.63) is 30.1 Å². The van der Waals surface area contributed by atoms with Crippen LogP contribution < -0.4 is 0 Å². The van der Waals surface area contributed by atoms with Crippen molar-refractivity contribution in [3.8, 4) is 0 Å². The van der Waals surface area contributed by atoms with E-state index in [2.05, 4.69) is 10.1 Å². The van der Waals surface area contributed by atoms with Gasteiger partial charge < -0.3 is 4.74 Å². The predicted octanol–water partition coefficient (Wildman–Crippen LogP) is 2.75. The average Bonchev–Trinajstić information content (AvgIpc) is 2.76. The summed E-state index contributed by atoms with van der Waals surface area (Å²) >= 11 is 0. The van der Waals surface area contributed by atoms with Crippen LogP contribution in [0, 0.1) is 0 Å². The van der Waals surface area contributed by atoms with Gasteiger partial charge in [-0.2, -0.15) is 10.1 Å². The highest BCUT2D eigenvalue weighted by Crippen LogP contribution is 2.28. The third kappa shape index (κ3) is 2.85. The summed E-state index contributed by atoms with van der Waals surface area (Å²) in [6.45, 7) is 5.51. The van der Waals surface area contributed by atoms with Crippen LogP contribution in [-0.4, -0.2) is 27.9 Å². The van der Waals surface area contributed by atoms with Crippen LogP contribution in [0.3, 0.4) is 0 Å². The molecule has 0 saturated carbocycles. The summed E-state index contributed by atoms with van der Waals surface area (Å²) < 4.78 is 5.33. The molecule has 0 radical (unpaired) electrons. The van der Waals surface area contributed by atoms with E-state index in [1.165, 1.54) is 5.01 Å². The van der Waals surface area contributed by atoms with Crippen molar-refractivity contribution in [2.24, 2.45) is 5.10 Å². The lowest BCUT2D eigenvalue weighted by atomic mass is 10.1. The van der Waals surface area contributed by atoms with E-state index in [4.69, 9.17) is 4.74 Å². The van der Waals surface area contributed by atoms with E-state index in [1.54, 1.807) is 18.6 Å². The van der Waals surface area contributed by atoms with Crippen LogP contribution >= 0.6 is 0 Å². The Morgan fingerprint density at radius 3 is 2.89 bits per heavy atom. The Bertz CT molecular complexity index is 451. The fourth-order valence-electron chi connectivity index (χ4n) is 1.75. The number of amides is 1. The molecule has 1 aliphatic heterocycles. The zero-order valence-electron chi connectivity index (χ0n) is 10.8. The number of ether oxygens (including phenoxy) is 1. The number of nitrogens with zero attached hydrogens (tertiary/aromatic N) is 3. The monoisotopic (exact) mass is 247 g/mol. The summed E-state index contributed by atoms with van der Waals surface area (Å²) in [6, 6.07) is 3.67. The third-order valence-electron chi connectivity index (χ3n) is 2.48. The maximum absolute atomic E-state index is 12.0. The lowest BCUT2D eigenvalue weighted by Crippen LogP contribution is -2.34. The summed E-state index contributed by atoms with van der Waals surface area (Å²) in [5, 5.41) is 5.46. The fourth-order valence-corrected chi connectivity index (χ4v) is 1.75. The molecule has 18 heavy (non-hydrogen) atoms. The van der Waals surface area contributed by atoms with E-state index in [0.717, 1.165) is 5.56 Å². The zero-order chi connectivity index (χ0) is 13.2. The highest BCUT2D eigenvalue weighted by molar-refractivity contribution is 5.74. The van der Waals surface area contributed by atoms with E-state index in [0.29, 0.717) is 6.42 Å². The van der Waals surface area contributed by atoms with Crippen molar-refractivity contribution in [1.82, 2.24) is 9.99 Å².